The van der Waals surface area contributed by atoms with Crippen LogP contribution in [-0.4, -0.2) is 34.1 Å². The van der Waals surface area contributed by atoms with Crippen molar-refractivity contribution in [2.24, 2.45) is 11.7 Å². The van der Waals surface area contributed by atoms with Crippen molar-refractivity contribution >= 4 is 27.7 Å². The van der Waals surface area contributed by atoms with Gasteiger partial charge in [0, 0.05) is 19.4 Å². The van der Waals surface area contributed by atoms with Gasteiger partial charge >= 0.3 is 4.83 Å². The molecule has 0 spiro atoms. The number of primary amides is 1. The Balaban J connectivity index is 2.71. The highest BCUT2D eigenvalue weighted by molar-refractivity contribution is 9.09. The van der Waals surface area contributed by atoms with Crippen molar-refractivity contribution in [3.63, 3.8) is 0 Å². The van der Waals surface area contributed by atoms with Crippen LogP contribution in [0.1, 0.15) is 39.0 Å². The molecule has 0 aromatic heterocycles. The summed E-state index contributed by atoms with van der Waals surface area (Å²) in [5.74, 6) is -1.16. The maximum Gasteiger partial charge on any atom is 0.301 e. The molecule has 1 heterocycles. The van der Waals surface area contributed by atoms with Crippen molar-refractivity contribution in [3.05, 3.63) is 0 Å². The van der Waals surface area contributed by atoms with E-state index in [1.807, 2.05) is 0 Å². The maximum atomic E-state index is 12.9. The summed E-state index contributed by atoms with van der Waals surface area (Å²) in [7, 11) is 0. The van der Waals surface area contributed by atoms with Crippen molar-refractivity contribution in [2.75, 3.05) is 6.54 Å². The number of carbonyl (C=O) groups excluding carboxylic acids is 2. The zero-order chi connectivity index (χ0) is 14.6. The molecule has 7 heteroatoms. The SMILES string of the molecule is CCC(C(N)=O)N1CCCC(CC(F)(F)Br)CC1=O. The van der Waals surface area contributed by atoms with Crippen LogP contribution in [0.2, 0.25) is 0 Å². The number of likely N-dealkylation sites (tertiary alicyclic amines) is 1. The zero-order valence-corrected chi connectivity index (χ0v) is 12.5. The monoisotopic (exact) mass is 340 g/mol. The number of rotatable bonds is 5. The zero-order valence-electron chi connectivity index (χ0n) is 10.9. The fraction of sp³-hybridized carbons (Fsp3) is 0.833. The van der Waals surface area contributed by atoms with Crippen molar-refractivity contribution in [1.29, 1.82) is 0 Å². The van der Waals surface area contributed by atoms with Crippen LogP contribution >= 0.6 is 15.9 Å². The molecule has 2 N–H and O–H groups in total. The lowest BCUT2D eigenvalue weighted by Crippen LogP contribution is -2.47. The number of nitrogens with two attached hydrogens (primary N) is 1. The van der Waals surface area contributed by atoms with Crippen LogP contribution in [0.3, 0.4) is 0 Å². The minimum atomic E-state index is -2.94. The molecule has 1 rings (SSSR count). The Morgan fingerprint density at radius 3 is 2.74 bits per heavy atom. The first-order valence-corrected chi connectivity index (χ1v) is 7.19. The van der Waals surface area contributed by atoms with E-state index in [4.69, 9.17) is 5.73 Å². The van der Waals surface area contributed by atoms with Crippen LogP contribution in [0.5, 0.6) is 0 Å². The second kappa shape index (κ2) is 6.63. The molecule has 1 aliphatic heterocycles. The van der Waals surface area contributed by atoms with Crippen LogP contribution < -0.4 is 5.73 Å². The standard InChI is InChI=1S/C12H19BrF2N2O2/c1-2-9(11(16)19)17-5-3-4-8(6-10(17)18)7-12(13,14)15/h8-9H,2-7H2,1H3,(H2,16,19). The topological polar surface area (TPSA) is 63.4 Å². The predicted molar refractivity (Wildman–Crippen MR) is 70.8 cm³/mol. The van der Waals surface area contributed by atoms with Gasteiger partial charge in [0.15, 0.2) is 0 Å². The summed E-state index contributed by atoms with van der Waals surface area (Å²) in [6.45, 7) is 2.18. The van der Waals surface area contributed by atoms with Crippen molar-refractivity contribution in [3.8, 4) is 0 Å². The Labute approximate surface area is 119 Å². The molecule has 2 amide bonds. The molecule has 4 nitrogen and oxygen atoms in total. The van der Waals surface area contributed by atoms with E-state index in [0.29, 0.717) is 25.8 Å². The molecule has 2 atom stereocenters. The van der Waals surface area contributed by atoms with Gasteiger partial charge < -0.3 is 10.6 Å². The van der Waals surface area contributed by atoms with Crippen molar-refractivity contribution < 1.29 is 18.4 Å². The van der Waals surface area contributed by atoms with Crippen LogP contribution in [-0.2, 0) is 9.59 Å². The minimum absolute atomic E-state index is 0.0466. The Kier molecular flexibility index (Phi) is 5.70. The molecule has 0 aromatic rings. The number of nitrogens with zero attached hydrogens (tertiary/aromatic N) is 1. The van der Waals surface area contributed by atoms with E-state index in [-0.39, 0.29) is 24.7 Å². The first-order chi connectivity index (χ1) is 8.74. The molecule has 0 bridgehead atoms. The van der Waals surface area contributed by atoms with Crippen molar-refractivity contribution in [1.82, 2.24) is 4.90 Å². The first-order valence-electron chi connectivity index (χ1n) is 6.40. The number of amides is 2. The first kappa shape index (κ1) is 16.3. The highest BCUT2D eigenvalue weighted by Crippen LogP contribution is 2.34. The third-order valence-electron chi connectivity index (χ3n) is 3.41. The average Bonchev–Trinajstić information content (AvgIpc) is 2.39. The number of hydrogen-bond acceptors (Lipinski definition) is 2. The van der Waals surface area contributed by atoms with Gasteiger partial charge in [-0.3, -0.25) is 9.59 Å². The van der Waals surface area contributed by atoms with Gasteiger partial charge in [0.1, 0.15) is 6.04 Å². The number of alkyl halides is 3. The normalized spacial score (nSPS) is 23.1. The molecule has 0 aromatic carbocycles. The molecular formula is C12H19BrF2N2O2. The molecule has 0 aliphatic carbocycles. The summed E-state index contributed by atoms with van der Waals surface area (Å²) in [4.78, 5) is 21.9. The number of halogens is 3. The lowest BCUT2D eigenvalue weighted by atomic mass is 9.97. The summed E-state index contributed by atoms with van der Waals surface area (Å²) in [5, 5.41) is 0. The van der Waals surface area contributed by atoms with E-state index >= 15 is 0 Å². The quantitative estimate of drug-likeness (QED) is 0.780. The summed E-state index contributed by atoms with van der Waals surface area (Å²) in [6, 6.07) is -0.629. The van der Waals surface area contributed by atoms with Crippen LogP contribution in [0.25, 0.3) is 0 Å². The van der Waals surface area contributed by atoms with Gasteiger partial charge in [0.2, 0.25) is 11.8 Å². The maximum absolute atomic E-state index is 12.9. The van der Waals surface area contributed by atoms with Gasteiger partial charge in [-0.05, 0) is 41.1 Å². The van der Waals surface area contributed by atoms with E-state index in [0.717, 1.165) is 0 Å². The molecule has 1 aliphatic rings. The Bertz CT molecular complexity index is 347. The van der Waals surface area contributed by atoms with Gasteiger partial charge in [-0.1, -0.05) is 6.92 Å². The summed E-state index contributed by atoms with van der Waals surface area (Å²) in [6.07, 6.45) is 1.30. The summed E-state index contributed by atoms with van der Waals surface area (Å²) >= 11 is 2.31. The number of carbonyl (C=O) groups is 2. The van der Waals surface area contributed by atoms with Gasteiger partial charge in [0.25, 0.3) is 0 Å². The van der Waals surface area contributed by atoms with Gasteiger partial charge in [-0.25, -0.2) is 0 Å². The van der Waals surface area contributed by atoms with Crippen molar-refractivity contribution in [2.45, 2.75) is 49.9 Å². The summed E-state index contributed by atoms with van der Waals surface area (Å²) in [5.41, 5.74) is 5.27. The third-order valence-corrected chi connectivity index (χ3v) is 3.73. The van der Waals surface area contributed by atoms with Crippen LogP contribution in [0.4, 0.5) is 8.78 Å². The van der Waals surface area contributed by atoms with E-state index in [9.17, 15) is 18.4 Å². The van der Waals surface area contributed by atoms with Crippen LogP contribution in [0.15, 0.2) is 0 Å². The van der Waals surface area contributed by atoms with E-state index in [1.54, 1.807) is 6.92 Å². The van der Waals surface area contributed by atoms with Gasteiger partial charge in [0.05, 0.1) is 0 Å². The molecular weight excluding hydrogens is 322 g/mol. The lowest BCUT2D eigenvalue weighted by Gasteiger charge is -2.27. The van der Waals surface area contributed by atoms with E-state index in [1.165, 1.54) is 4.90 Å². The van der Waals surface area contributed by atoms with E-state index < -0.39 is 16.8 Å². The second-order valence-electron chi connectivity index (χ2n) is 4.95. The van der Waals surface area contributed by atoms with Crippen LogP contribution in [0, 0.1) is 5.92 Å². The molecule has 0 saturated carbocycles. The Morgan fingerprint density at radius 2 is 2.26 bits per heavy atom. The Morgan fingerprint density at radius 1 is 1.63 bits per heavy atom. The fourth-order valence-corrected chi connectivity index (χ4v) is 3.01. The third kappa shape index (κ3) is 5.04. The van der Waals surface area contributed by atoms with Gasteiger partial charge in [-0.15, -0.1) is 0 Å². The predicted octanol–water partition coefficient (Wildman–Crippen LogP) is 2.26. The largest absolute Gasteiger partial charge is 0.368 e. The number of hydrogen-bond donors (Lipinski definition) is 1. The lowest BCUT2D eigenvalue weighted by molar-refractivity contribution is -0.139. The molecule has 0 radical (unpaired) electrons. The smallest absolute Gasteiger partial charge is 0.301 e. The Hall–Kier alpha value is -0.720. The average molecular weight is 341 g/mol. The van der Waals surface area contributed by atoms with E-state index in [2.05, 4.69) is 15.9 Å². The molecule has 19 heavy (non-hydrogen) atoms. The molecule has 1 fully saturated rings. The second-order valence-corrected chi connectivity index (χ2v) is 6.11. The minimum Gasteiger partial charge on any atom is -0.368 e. The fourth-order valence-electron chi connectivity index (χ4n) is 2.55. The molecule has 1 saturated heterocycles. The summed E-state index contributed by atoms with van der Waals surface area (Å²) < 4.78 is 25.9. The molecule has 110 valence electrons. The van der Waals surface area contributed by atoms with Gasteiger partial charge in [-0.2, -0.15) is 8.78 Å². The molecule has 2 unspecified atom stereocenters. The highest BCUT2D eigenvalue weighted by Gasteiger charge is 2.35. The highest BCUT2D eigenvalue weighted by atomic mass is 79.9.